The molecule has 0 aliphatic rings. The fourth-order valence-corrected chi connectivity index (χ4v) is 3.42. The largest absolute Gasteiger partial charge is 0.271 e. The number of hydrogen-bond acceptors (Lipinski definition) is 5. The molecule has 0 aromatic heterocycles. The summed E-state index contributed by atoms with van der Waals surface area (Å²) in [5, 5.41) is 14.9. The fourth-order valence-electron chi connectivity index (χ4n) is 2.54. The Bertz CT molecular complexity index is 1030. The molecule has 0 saturated carbocycles. The molecule has 0 aliphatic carbocycles. The summed E-state index contributed by atoms with van der Waals surface area (Å²) in [5.41, 5.74) is 5.15. The summed E-state index contributed by atoms with van der Waals surface area (Å²) in [6.07, 6.45) is 0. The van der Waals surface area contributed by atoms with Crippen LogP contribution in [0.15, 0.2) is 88.9 Å². The van der Waals surface area contributed by atoms with Gasteiger partial charge in [0.15, 0.2) is 0 Å². The second kappa shape index (κ2) is 9.66. The second-order valence-corrected chi connectivity index (χ2v) is 7.29. The number of thioether (sulfide) groups is 1. The van der Waals surface area contributed by atoms with Crippen LogP contribution in [-0.2, 0) is 5.75 Å². The van der Waals surface area contributed by atoms with E-state index in [-0.39, 0.29) is 11.6 Å². The van der Waals surface area contributed by atoms with Gasteiger partial charge in [-0.15, -0.1) is 11.8 Å². The second-order valence-electron chi connectivity index (χ2n) is 6.24. The van der Waals surface area contributed by atoms with Gasteiger partial charge in [0.05, 0.1) is 10.6 Å². The molecule has 146 valence electrons. The van der Waals surface area contributed by atoms with Crippen molar-refractivity contribution in [3.8, 4) is 0 Å². The van der Waals surface area contributed by atoms with Gasteiger partial charge >= 0.3 is 0 Å². The summed E-state index contributed by atoms with van der Waals surface area (Å²) in [6.45, 7) is 1.68. The van der Waals surface area contributed by atoms with E-state index in [0.717, 1.165) is 11.3 Å². The molecule has 0 radical (unpaired) electrons. The summed E-state index contributed by atoms with van der Waals surface area (Å²) >= 11 is 1.73. The predicted octanol–water partition coefficient (Wildman–Crippen LogP) is 5.04. The first-order valence-corrected chi connectivity index (χ1v) is 9.88. The van der Waals surface area contributed by atoms with Crippen LogP contribution in [0.25, 0.3) is 0 Å². The molecule has 0 unspecified atom stereocenters. The molecule has 6 nitrogen and oxygen atoms in total. The lowest BCUT2D eigenvalue weighted by Gasteiger charge is -2.05. The van der Waals surface area contributed by atoms with Gasteiger partial charge in [0.1, 0.15) is 0 Å². The monoisotopic (exact) mass is 405 g/mol. The van der Waals surface area contributed by atoms with Crippen molar-refractivity contribution < 1.29 is 9.72 Å². The van der Waals surface area contributed by atoms with Gasteiger partial charge in [0.25, 0.3) is 11.6 Å². The third-order valence-electron chi connectivity index (χ3n) is 4.16. The smallest absolute Gasteiger partial charge is 0.267 e. The molecule has 1 N–H and O–H groups in total. The summed E-state index contributed by atoms with van der Waals surface area (Å²) in [5.74, 6) is 0.479. The van der Waals surface area contributed by atoms with Crippen molar-refractivity contribution in [1.29, 1.82) is 0 Å². The Hall–Kier alpha value is -3.45. The van der Waals surface area contributed by atoms with Crippen LogP contribution in [0.4, 0.5) is 5.69 Å². The number of nitro benzene ring substituents is 1. The Balaban J connectivity index is 1.59. The maximum Gasteiger partial charge on any atom is 0.271 e. The van der Waals surface area contributed by atoms with E-state index in [0.29, 0.717) is 16.8 Å². The number of benzene rings is 3. The molecule has 0 fully saturated rings. The quantitative estimate of drug-likeness (QED) is 0.258. The van der Waals surface area contributed by atoms with Gasteiger partial charge in [-0.2, -0.15) is 5.10 Å². The van der Waals surface area contributed by atoms with Crippen LogP contribution in [-0.4, -0.2) is 16.5 Å². The van der Waals surface area contributed by atoms with Crippen molar-refractivity contribution >= 4 is 29.1 Å². The molecule has 7 heteroatoms. The summed E-state index contributed by atoms with van der Waals surface area (Å²) < 4.78 is 0. The van der Waals surface area contributed by atoms with Gasteiger partial charge in [-0.1, -0.05) is 42.5 Å². The van der Waals surface area contributed by atoms with Crippen molar-refractivity contribution in [2.24, 2.45) is 5.10 Å². The van der Waals surface area contributed by atoms with Crippen LogP contribution < -0.4 is 5.43 Å². The molecule has 0 saturated heterocycles. The minimum atomic E-state index is -0.465. The van der Waals surface area contributed by atoms with E-state index < -0.39 is 4.92 Å². The molecule has 0 heterocycles. The molecule has 0 aliphatic heterocycles. The number of hydrogen-bond donors (Lipinski definition) is 1. The number of hydrazone groups is 1. The van der Waals surface area contributed by atoms with E-state index in [1.165, 1.54) is 17.0 Å². The lowest BCUT2D eigenvalue weighted by molar-refractivity contribution is -0.384. The maximum absolute atomic E-state index is 12.3. The van der Waals surface area contributed by atoms with Crippen molar-refractivity contribution in [2.45, 2.75) is 17.6 Å². The molecule has 3 aromatic rings. The molecule has 0 atom stereocenters. The zero-order valence-electron chi connectivity index (χ0n) is 15.7. The molecule has 3 aromatic carbocycles. The van der Waals surface area contributed by atoms with Crippen molar-refractivity contribution in [1.82, 2.24) is 5.43 Å². The lowest BCUT2D eigenvalue weighted by Crippen LogP contribution is -2.19. The van der Waals surface area contributed by atoms with Gasteiger partial charge in [-0.3, -0.25) is 14.9 Å². The van der Waals surface area contributed by atoms with Crippen LogP contribution in [0.3, 0.4) is 0 Å². The standard InChI is InChI=1S/C22H19N3O3S/c1-16(19-6-5-7-20(14-19)25(27)28)23-24-22(26)18-12-10-17(11-13-18)15-29-21-8-3-2-4-9-21/h2-14H,15H2,1H3,(H,24,26)/b23-16-. The Labute approximate surface area is 172 Å². The highest BCUT2D eigenvalue weighted by molar-refractivity contribution is 7.98. The SMILES string of the molecule is C/C(=N/NC(=O)c1ccc(CSc2ccccc2)cc1)c1cccc([N+](=O)[O-])c1. The van der Waals surface area contributed by atoms with E-state index in [1.54, 1.807) is 43.0 Å². The van der Waals surface area contributed by atoms with E-state index in [2.05, 4.69) is 22.7 Å². The molecule has 0 spiro atoms. The minimum absolute atomic E-state index is 0.0210. The Morgan fingerprint density at radius 3 is 2.41 bits per heavy atom. The van der Waals surface area contributed by atoms with Crippen LogP contribution in [0.1, 0.15) is 28.4 Å². The summed E-state index contributed by atoms with van der Waals surface area (Å²) in [4.78, 5) is 23.9. The first kappa shape index (κ1) is 20.3. The summed E-state index contributed by atoms with van der Waals surface area (Å²) in [6, 6.07) is 23.6. The Kier molecular flexibility index (Phi) is 6.76. The van der Waals surface area contributed by atoms with Gasteiger partial charge in [0.2, 0.25) is 0 Å². The first-order valence-electron chi connectivity index (χ1n) is 8.89. The highest BCUT2D eigenvalue weighted by Gasteiger charge is 2.09. The number of rotatable bonds is 7. The fraction of sp³-hybridized carbons (Fsp3) is 0.0909. The maximum atomic E-state index is 12.3. The highest BCUT2D eigenvalue weighted by atomic mass is 32.2. The molecule has 0 bridgehead atoms. The van der Waals surface area contributed by atoms with Gasteiger partial charge in [0, 0.05) is 33.9 Å². The van der Waals surface area contributed by atoms with Crippen LogP contribution >= 0.6 is 11.8 Å². The highest BCUT2D eigenvalue weighted by Crippen LogP contribution is 2.22. The van der Waals surface area contributed by atoms with E-state index in [9.17, 15) is 14.9 Å². The zero-order valence-corrected chi connectivity index (χ0v) is 16.6. The molecule has 29 heavy (non-hydrogen) atoms. The summed E-state index contributed by atoms with van der Waals surface area (Å²) in [7, 11) is 0. The van der Waals surface area contributed by atoms with E-state index in [4.69, 9.17) is 0 Å². The molecular weight excluding hydrogens is 386 g/mol. The van der Waals surface area contributed by atoms with E-state index in [1.807, 2.05) is 30.3 Å². The lowest BCUT2D eigenvalue weighted by atomic mass is 10.1. The molecular formula is C22H19N3O3S. The third-order valence-corrected chi connectivity index (χ3v) is 5.25. The van der Waals surface area contributed by atoms with Crippen LogP contribution in [0, 0.1) is 10.1 Å². The number of carbonyl (C=O) groups excluding carboxylic acids is 1. The normalized spacial score (nSPS) is 11.1. The number of carbonyl (C=O) groups is 1. The third kappa shape index (κ3) is 5.76. The van der Waals surface area contributed by atoms with E-state index >= 15 is 0 Å². The van der Waals surface area contributed by atoms with Crippen molar-refractivity contribution in [3.05, 3.63) is 106 Å². The Morgan fingerprint density at radius 2 is 1.72 bits per heavy atom. The number of amides is 1. The molecule has 3 rings (SSSR count). The number of non-ortho nitro benzene ring substituents is 1. The van der Waals surface area contributed by atoms with Gasteiger partial charge in [-0.05, 0) is 36.8 Å². The Morgan fingerprint density at radius 1 is 1.00 bits per heavy atom. The topological polar surface area (TPSA) is 84.6 Å². The number of nitrogens with one attached hydrogen (secondary N) is 1. The zero-order chi connectivity index (χ0) is 20.6. The van der Waals surface area contributed by atoms with Crippen molar-refractivity contribution in [2.75, 3.05) is 0 Å². The average Bonchev–Trinajstić information content (AvgIpc) is 2.77. The van der Waals surface area contributed by atoms with Crippen LogP contribution in [0.2, 0.25) is 0 Å². The minimum Gasteiger partial charge on any atom is -0.267 e. The van der Waals surface area contributed by atoms with Crippen molar-refractivity contribution in [3.63, 3.8) is 0 Å². The van der Waals surface area contributed by atoms with Gasteiger partial charge < -0.3 is 0 Å². The average molecular weight is 405 g/mol. The van der Waals surface area contributed by atoms with Crippen LogP contribution in [0.5, 0.6) is 0 Å². The van der Waals surface area contributed by atoms with Gasteiger partial charge in [-0.25, -0.2) is 5.43 Å². The number of nitro groups is 1. The molecule has 1 amide bonds. The first-order chi connectivity index (χ1) is 14.0. The number of nitrogens with zero attached hydrogens (tertiary/aromatic N) is 2. The predicted molar refractivity (Wildman–Crippen MR) is 115 cm³/mol.